The van der Waals surface area contributed by atoms with Gasteiger partial charge in [0.25, 0.3) is 0 Å². The Morgan fingerprint density at radius 3 is 2.88 bits per heavy atom. The third-order valence-electron chi connectivity index (χ3n) is 2.35. The maximum atomic E-state index is 10.7. The Morgan fingerprint density at radius 2 is 2.25 bits per heavy atom. The highest BCUT2D eigenvalue weighted by Gasteiger charge is 2.10. The van der Waals surface area contributed by atoms with Crippen LogP contribution in [-0.4, -0.2) is 22.8 Å². The lowest BCUT2D eigenvalue weighted by Crippen LogP contribution is -2.08. The highest BCUT2D eigenvalue weighted by molar-refractivity contribution is 6.31. The zero-order valence-electron chi connectivity index (χ0n) is 8.61. The lowest BCUT2D eigenvalue weighted by Gasteiger charge is -2.04. The van der Waals surface area contributed by atoms with Crippen LogP contribution in [0.4, 0.5) is 0 Å². The van der Waals surface area contributed by atoms with Crippen LogP contribution in [0.5, 0.6) is 5.75 Å². The first kappa shape index (κ1) is 10.8. The van der Waals surface area contributed by atoms with Crippen molar-refractivity contribution in [2.24, 2.45) is 0 Å². The first-order valence-corrected chi connectivity index (χ1v) is 5.04. The minimum atomic E-state index is -0.929. The van der Waals surface area contributed by atoms with Crippen molar-refractivity contribution in [2.75, 3.05) is 7.11 Å². The topological polar surface area (TPSA) is 51.5 Å². The van der Waals surface area contributed by atoms with Crippen molar-refractivity contribution in [3.05, 3.63) is 29.4 Å². The molecule has 0 bridgehead atoms. The molecule has 0 saturated carbocycles. The van der Waals surface area contributed by atoms with Gasteiger partial charge in [-0.25, -0.2) is 0 Å². The molecule has 0 aliphatic heterocycles. The number of carboxylic acids is 1. The van der Waals surface area contributed by atoms with Gasteiger partial charge in [-0.05, 0) is 18.2 Å². The van der Waals surface area contributed by atoms with Crippen molar-refractivity contribution in [1.82, 2.24) is 4.57 Å². The van der Waals surface area contributed by atoms with Crippen molar-refractivity contribution < 1.29 is 14.6 Å². The summed E-state index contributed by atoms with van der Waals surface area (Å²) in [4.78, 5) is 10.7. The molecule has 0 aliphatic carbocycles. The summed E-state index contributed by atoms with van der Waals surface area (Å²) in [6.07, 6.45) is 0. The van der Waals surface area contributed by atoms with E-state index in [-0.39, 0.29) is 6.54 Å². The quantitative estimate of drug-likeness (QED) is 0.895. The molecule has 4 nitrogen and oxygen atoms in total. The highest BCUT2D eigenvalue weighted by atomic mass is 35.5. The molecule has 0 atom stereocenters. The normalized spacial score (nSPS) is 10.6. The molecule has 0 unspecified atom stereocenters. The lowest BCUT2D eigenvalue weighted by molar-refractivity contribution is -0.137. The van der Waals surface area contributed by atoms with Gasteiger partial charge in [0.05, 0.1) is 12.6 Å². The number of rotatable bonds is 3. The van der Waals surface area contributed by atoms with E-state index in [1.54, 1.807) is 19.2 Å². The fourth-order valence-electron chi connectivity index (χ4n) is 1.62. The van der Waals surface area contributed by atoms with Crippen molar-refractivity contribution in [2.45, 2.75) is 6.54 Å². The van der Waals surface area contributed by atoms with Crippen molar-refractivity contribution in [1.29, 1.82) is 0 Å². The number of ether oxygens (including phenoxy) is 1. The molecule has 1 aromatic carbocycles. The molecule has 5 heteroatoms. The molecule has 0 fully saturated rings. The smallest absolute Gasteiger partial charge is 0.323 e. The molecular weight excluding hydrogens is 230 g/mol. The van der Waals surface area contributed by atoms with E-state index < -0.39 is 5.97 Å². The summed E-state index contributed by atoms with van der Waals surface area (Å²) in [6, 6.07) is 7.16. The summed E-state index contributed by atoms with van der Waals surface area (Å²) in [5, 5.41) is 10.1. The van der Waals surface area contributed by atoms with Gasteiger partial charge in [-0.2, -0.15) is 0 Å². The number of methoxy groups -OCH3 is 1. The number of carboxylic acid groups (broad SMARTS) is 1. The molecule has 84 valence electrons. The highest BCUT2D eigenvalue weighted by Crippen LogP contribution is 2.27. The summed E-state index contributed by atoms with van der Waals surface area (Å²) in [5.74, 6) is -0.254. The Morgan fingerprint density at radius 1 is 1.50 bits per heavy atom. The molecule has 0 spiro atoms. The van der Waals surface area contributed by atoms with Gasteiger partial charge < -0.3 is 14.4 Å². The third kappa shape index (κ3) is 1.84. The Kier molecular flexibility index (Phi) is 2.75. The monoisotopic (exact) mass is 239 g/mol. The van der Waals surface area contributed by atoms with Gasteiger partial charge in [0.15, 0.2) is 0 Å². The van der Waals surface area contributed by atoms with E-state index >= 15 is 0 Å². The molecular formula is C11H10ClNO3. The van der Waals surface area contributed by atoms with E-state index in [9.17, 15) is 4.79 Å². The molecule has 0 radical (unpaired) electrons. The van der Waals surface area contributed by atoms with Crippen molar-refractivity contribution in [3.63, 3.8) is 0 Å². The Hall–Kier alpha value is -1.68. The van der Waals surface area contributed by atoms with E-state index in [2.05, 4.69) is 0 Å². The van der Waals surface area contributed by atoms with E-state index in [1.165, 1.54) is 4.57 Å². The van der Waals surface area contributed by atoms with Crippen LogP contribution >= 0.6 is 11.6 Å². The minimum Gasteiger partial charge on any atom is -0.497 e. The van der Waals surface area contributed by atoms with Crippen LogP contribution in [0.15, 0.2) is 24.3 Å². The molecule has 0 saturated heterocycles. The predicted octanol–water partition coefficient (Wildman–Crippen LogP) is 2.39. The van der Waals surface area contributed by atoms with Gasteiger partial charge in [-0.15, -0.1) is 0 Å². The fourth-order valence-corrected chi connectivity index (χ4v) is 1.89. The zero-order valence-corrected chi connectivity index (χ0v) is 9.36. The first-order chi connectivity index (χ1) is 7.61. The molecule has 1 heterocycles. The van der Waals surface area contributed by atoms with Crippen LogP contribution in [0.2, 0.25) is 5.15 Å². The van der Waals surface area contributed by atoms with Crippen molar-refractivity contribution in [3.8, 4) is 5.75 Å². The van der Waals surface area contributed by atoms with E-state index in [4.69, 9.17) is 21.4 Å². The van der Waals surface area contributed by atoms with Crippen LogP contribution in [0.1, 0.15) is 0 Å². The molecule has 2 rings (SSSR count). The summed E-state index contributed by atoms with van der Waals surface area (Å²) < 4.78 is 6.62. The second-order valence-electron chi connectivity index (χ2n) is 3.37. The summed E-state index contributed by atoms with van der Waals surface area (Å²) in [6.45, 7) is -0.157. The maximum Gasteiger partial charge on any atom is 0.323 e. The lowest BCUT2D eigenvalue weighted by atomic mass is 10.2. The predicted molar refractivity (Wildman–Crippen MR) is 61.1 cm³/mol. The number of aromatic nitrogens is 1. The van der Waals surface area contributed by atoms with Crippen LogP contribution in [0.25, 0.3) is 10.9 Å². The summed E-state index contributed by atoms with van der Waals surface area (Å²) >= 11 is 5.97. The number of nitrogens with zero attached hydrogens (tertiary/aromatic N) is 1. The minimum absolute atomic E-state index is 0.157. The Labute approximate surface area is 97.0 Å². The number of hydrogen-bond donors (Lipinski definition) is 1. The largest absolute Gasteiger partial charge is 0.497 e. The Bertz CT molecular complexity index is 547. The standard InChI is InChI=1S/C11H10ClNO3/c1-16-8-3-2-7-4-10(12)13(6-11(14)15)9(7)5-8/h2-5H,6H2,1H3,(H,14,15). The first-order valence-electron chi connectivity index (χ1n) is 4.66. The number of benzene rings is 1. The fraction of sp³-hybridized carbons (Fsp3) is 0.182. The third-order valence-corrected chi connectivity index (χ3v) is 2.67. The maximum absolute atomic E-state index is 10.7. The molecule has 1 N–H and O–H groups in total. The number of hydrogen-bond acceptors (Lipinski definition) is 2. The van der Waals surface area contributed by atoms with Crippen LogP contribution in [-0.2, 0) is 11.3 Å². The van der Waals surface area contributed by atoms with Gasteiger partial charge in [-0.1, -0.05) is 11.6 Å². The van der Waals surface area contributed by atoms with Crippen LogP contribution in [0.3, 0.4) is 0 Å². The van der Waals surface area contributed by atoms with Crippen LogP contribution < -0.4 is 4.74 Å². The molecule has 1 aromatic heterocycles. The number of aliphatic carboxylic acids is 1. The average molecular weight is 240 g/mol. The second-order valence-corrected chi connectivity index (χ2v) is 3.76. The second kappa shape index (κ2) is 4.06. The zero-order chi connectivity index (χ0) is 11.7. The van der Waals surface area contributed by atoms with Gasteiger partial charge in [-0.3, -0.25) is 4.79 Å². The van der Waals surface area contributed by atoms with Crippen molar-refractivity contribution >= 4 is 28.5 Å². The number of halogens is 1. The molecule has 2 aromatic rings. The SMILES string of the molecule is COc1ccc2cc(Cl)n(CC(=O)O)c2c1. The number of carbonyl (C=O) groups is 1. The van der Waals surface area contributed by atoms with E-state index in [1.807, 2.05) is 12.1 Å². The van der Waals surface area contributed by atoms with Gasteiger partial charge >= 0.3 is 5.97 Å². The van der Waals surface area contributed by atoms with Gasteiger partial charge in [0.2, 0.25) is 0 Å². The average Bonchev–Trinajstić information content (AvgIpc) is 2.54. The molecule has 16 heavy (non-hydrogen) atoms. The van der Waals surface area contributed by atoms with E-state index in [0.29, 0.717) is 10.9 Å². The van der Waals surface area contributed by atoms with E-state index in [0.717, 1.165) is 10.9 Å². The number of fused-ring (bicyclic) bond motifs is 1. The molecule has 0 aliphatic rings. The summed E-state index contributed by atoms with van der Waals surface area (Å²) in [7, 11) is 1.56. The molecule has 0 amide bonds. The van der Waals surface area contributed by atoms with Crippen LogP contribution in [0, 0.1) is 0 Å². The summed E-state index contributed by atoms with van der Waals surface area (Å²) in [5.41, 5.74) is 0.756. The Balaban J connectivity index is 2.61. The van der Waals surface area contributed by atoms with Gasteiger partial charge in [0, 0.05) is 11.5 Å². The van der Waals surface area contributed by atoms with Gasteiger partial charge in [0.1, 0.15) is 17.4 Å².